The van der Waals surface area contributed by atoms with E-state index in [1.807, 2.05) is 34.7 Å². The molecule has 23 heavy (non-hydrogen) atoms. The van der Waals surface area contributed by atoms with Crippen LogP contribution in [0.15, 0.2) is 0 Å². The summed E-state index contributed by atoms with van der Waals surface area (Å²) in [7, 11) is 1.97. The average Bonchev–Trinajstić information content (AvgIpc) is 2.22. The fraction of sp³-hybridized carbons (Fsp3) is 0.947. The lowest BCUT2D eigenvalue weighted by atomic mass is 9.78. The summed E-state index contributed by atoms with van der Waals surface area (Å²) < 4.78 is 0. The highest BCUT2D eigenvalue weighted by molar-refractivity contribution is 5.79. The molecular formula is C19H41N3O. The molecular weight excluding hydrogens is 286 g/mol. The van der Waals surface area contributed by atoms with Gasteiger partial charge < -0.3 is 16.0 Å². The summed E-state index contributed by atoms with van der Waals surface area (Å²) in [6.45, 7) is 20.9. The quantitative estimate of drug-likeness (QED) is 0.717. The zero-order chi connectivity index (χ0) is 18.9. The number of hydrogen-bond acceptors (Lipinski definition) is 3. The first-order valence-electron chi connectivity index (χ1n) is 8.77. The number of nitrogens with zero attached hydrogens (tertiary/aromatic N) is 1. The number of hydrogen-bond donors (Lipinski definition) is 2. The van der Waals surface area contributed by atoms with Crippen LogP contribution < -0.4 is 11.1 Å². The first-order valence-corrected chi connectivity index (χ1v) is 8.77. The second kappa shape index (κ2) is 7.10. The summed E-state index contributed by atoms with van der Waals surface area (Å²) >= 11 is 0. The smallest absolute Gasteiger partial charge is 0.226 e. The summed E-state index contributed by atoms with van der Waals surface area (Å²) in [5.74, 6) is 0.156. The van der Waals surface area contributed by atoms with E-state index in [2.05, 4.69) is 51.8 Å². The van der Waals surface area contributed by atoms with Crippen LogP contribution in [0.4, 0.5) is 0 Å². The predicted molar refractivity (Wildman–Crippen MR) is 100 cm³/mol. The van der Waals surface area contributed by atoms with Crippen LogP contribution in [-0.4, -0.2) is 40.0 Å². The molecule has 0 fully saturated rings. The van der Waals surface area contributed by atoms with Crippen molar-refractivity contribution in [3.63, 3.8) is 0 Å². The van der Waals surface area contributed by atoms with Gasteiger partial charge in [0.05, 0.1) is 0 Å². The van der Waals surface area contributed by atoms with Gasteiger partial charge in [-0.15, -0.1) is 0 Å². The van der Waals surface area contributed by atoms with Crippen LogP contribution in [0.2, 0.25) is 0 Å². The number of rotatable bonds is 8. The maximum Gasteiger partial charge on any atom is 0.226 e. The standard InChI is InChI=1S/C19H41N3O/c1-14(2)15(23)22(18(7,8)12-16(3,4)20)19(9,10)13-17(5,6)21-11/h14,21H,12-13,20H2,1-11H3. The number of nitrogens with one attached hydrogen (secondary N) is 1. The minimum absolute atomic E-state index is 0.0351. The van der Waals surface area contributed by atoms with E-state index in [4.69, 9.17) is 5.73 Å². The van der Waals surface area contributed by atoms with Crippen LogP contribution in [-0.2, 0) is 4.79 Å². The Labute approximate surface area is 144 Å². The molecule has 0 bridgehead atoms. The number of nitrogens with two attached hydrogens (primary N) is 1. The van der Waals surface area contributed by atoms with Gasteiger partial charge >= 0.3 is 0 Å². The summed E-state index contributed by atoms with van der Waals surface area (Å²) in [4.78, 5) is 15.1. The first-order chi connectivity index (χ1) is 9.95. The molecule has 0 rings (SSSR count). The van der Waals surface area contributed by atoms with Gasteiger partial charge in [-0.25, -0.2) is 0 Å². The number of carbonyl (C=O) groups is 1. The first kappa shape index (κ1) is 22.4. The Morgan fingerprint density at radius 1 is 0.957 bits per heavy atom. The molecule has 0 atom stereocenters. The van der Waals surface area contributed by atoms with E-state index in [9.17, 15) is 4.79 Å². The van der Waals surface area contributed by atoms with Crippen molar-refractivity contribution in [1.29, 1.82) is 0 Å². The Kier molecular flexibility index (Phi) is 6.91. The molecule has 4 nitrogen and oxygen atoms in total. The fourth-order valence-electron chi connectivity index (χ4n) is 4.12. The zero-order valence-electron chi connectivity index (χ0n) is 17.4. The van der Waals surface area contributed by atoms with E-state index in [0.29, 0.717) is 0 Å². The normalized spacial score (nSPS) is 14.3. The fourth-order valence-corrected chi connectivity index (χ4v) is 4.12. The molecule has 0 aliphatic carbocycles. The third-order valence-electron chi connectivity index (χ3n) is 4.36. The molecule has 1 amide bonds. The summed E-state index contributed by atoms with van der Waals surface area (Å²) in [5.41, 5.74) is 5.32. The minimum Gasteiger partial charge on any atom is -0.332 e. The van der Waals surface area contributed by atoms with Crippen LogP contribution in [0.1, 0.15) is 82.1 Å². The van der Waals surface area contributed by atoms with Crippen molar-refractivity contribution < 1.29 is 4.79 Å². The molecule has 138 valence electrons. The van der Waals surface area contributed by atoms with Crippen molar-refractivity contribution in [3.05, 3.63) is 0 Å². The molecule has 0 aromatic carbocycles. The largest absolute Gasteiger partial charge is 0.332 e. The SMILES string of the molecule is CNC(C)(C)CC(C)(C)N(C(=O)C(C)C)C(C)(C)CC(C)(C)N. The second-order valence-corrected chi connectivity index (χ2v) is 9.93. The highest BCUT2D eigenvalue weighted by Gasteiger charge is 2.45. The molecule has 0 saturated carbocycles. The molecule has 0 saturated heterocycles. The number of amides is 1. The minimum atomic E-state index is -0.326. The van der Waals surface area contributed by atoms with Crippen molar-refractivity contribution >= 4 is 5.91 Å². The van der Waals surface area contributed by atoms with E-state index in [1.54, 1.807) is 0 Å². The van der Waals surface area contributed by atoms with Gasteiger partial charge in [0.25, 0.3) is 0 Å². The van der Waals surface area contributed by atoms with Gasteiger partial charge in [-0.2, -0.15) is 0 Å². The van der Waals surface area contributed by atoms with Crippen molar-refractivity contribution in [2.75, 3.05) is 7.05 Å². The zero-order valence-corrected chi connectivity index (χ0v) is 17.4. The van der Waals surface area contributed by atoms with Crippen molar-refractivity contribution in [2.24, 2.45) is 11.7 Å². The third-order valence-corrected chi connectivity index (χ3v) is 4.36. The lowest BCUT2D eigenvalue weighted by Crippen LogP contribution is -2.64. The highest BCUT2D eigenvalue weighted by Crippen LogP contribution is 2.36. The maximum atomic E-state index is 13.1. The molecule has 3 N–H and O–H groups in total. The summed E-state index contributed by atoms with van der Waals surface area (Å²) in [6.07, 6.45) is 1.62. The molecule has 4 heteroatoms. The highest BCUT2D eigenvalue weighted by atomic mass is 16.2. The van der Waals surface area contributed by atoms with Gasteiger partial charge in [0.2, 0.25) is 5.91 Å². The van der Waals surface area contributed by atoms with Crippen LogP contribution in [0.5, 0.6) is 0 Å². The Hall–Kier alpha value is -0.610. The van der Waals surface area contributed by atoms with Gasteiger partial charge in [0.1, 0.15) is 0 Å². The Morgan fingerprint density at radius 2 is 1.35 bits per heavy atom. The molecule has 0 heterocycles. The molecule has 0 aromatic rings. The Bertz CT molecular complexity index is 403. The summed E-state index contributed by atoms with van der Waals surface area (Å²) in [6, 6.07) is 0. The second-order valence-electron chi connectivity index (χ2n) is 9.93. The van der Waals surface area contributed by atoms with Gasteiger partial charge in [-0.1, -0.05) is 13.8 Å². The van der Waals surface area contributed by atoms with E-state index in [-0.39, 0.29) is 34.0 Å². The molecule has 0 aliphatic rings. The van der Waals surface area contributed by atoms with E-state index in [1.165, 1.54) is 0 Å². The topological polar surface area (TPSA) is 58.4 Å². The lowest BCUT2D eigenvalue weighted by Gasteiger charge is -2.53. The van der Waals surface area contributed by atoms with Crippen molar-refractivity contribution in [2.45, 2.75) is 104 Å². The maximum absolute atomic E-state index is 13.1. The lowest BCUT2D eigenvalue weighted by molar-refractivity contribution is -0.150. The molecule has 0 radical (unpaired) electrons. The van der Waals surface area contributed by atoms with Crippen molar-refractivity contribution in [3.8, 4) is 0 Å². The third kappa shape index (κ3) is 6.80. The van der Waals surface area contributed by atoms with E-state index in [0.717, 1.165) is 12.8 Å². The molecule has 0 unspecified atom stereocenters. The van der Waals surface area contributed by atoms with Gasteiger partial charge in [0, 0.05) is 28.1 Å². The molecule has 0 spiro atoms. The molecule has 0 aromatic heterocycles. The van der Waals surface area contributed by atoms with Crippen LogP contribution in [0.25, 0.3) is 0 Å². The van der Waals surface area contributed by atoms with Gasteiger partial charge in [-0.3, -0.25) is 4.79 Å². The Morgan fingerprint density at radius 3 is 1.65 bits per heavy atom. The average molecular weight is 328 g/mol. The molecule has 0 aliphatic heterocycles. The van der Waals surface area contributed by atoms with Gasteiger partial charge in [0.15, 0.2) is 0 Å². The van der Waals surface area contributed by atoms with Gasteiger partial charge in [-0.05, 0) is 75.3 Å². The van der Waals surface area contributed by atoms with E-state index >= 15 is 0 Å². The van der Waals surface area contributed by atoms with Crippen LogP contribution in [0, 0.1) is 5.92 Å². The Balaban J connectivity index is 5.84. The predicted octanol–water partition coefficient (Wildman–Crippen LogP) is 3.54. The monoisotopic (exact) mass is 327 g/mol. The van der Waals surface area contributed by atoms with E-state index < -0.39 is 0 Å². The van der Waals surface area contributed by atoms with Crippen molar-refractivity contribution in [1.82, 2.24) is 10.2 Å². The number of carbonyl (C=O) groups excluding carboxylic acids is 1. The van der Waals surface area contributed by atoms with Crippen LogP contribution >= 0.6 is 0 Å². The van der Waals surface area contributed by atoms with Crippen LogP contribution in [0.3, 0.4) is 0 Å². The summed E-state index contributed by atoms with van der Waals surface area (Å²) in [5, 5.41) is 3.36.